The monoisotopic (exact) mass is 510 g/mol. The van der Waals surface area contributed by atoms with Gasteiger partial charge in [0, 0.05) is 44.1 Å². The molecule has 2 atom stereocenters. The number of rotatable bonds is 9. The fraction of sp³-hybridized carbons (Fsp3) is 0.731. The Labute approximate surface area is 210 Å². The summed E-state index contributed by atoms with van der Waals surface area (Å²) in [6.45, 7) is 2.13. The Morgan fingerprint density at radius 3 is 2.72 bits per heavy atom. The number of aromatic nitrogens is 1. The Bertz CT molecular complexity index is 937. The zero-order chi connectivity index (χ0) is 25.8. The van der Waals surface area contributed by atoms with Crippen LogP contribution in [0.15, 0.2) is 12.1 Å². The lowest BCUT2D eigenvalue weighted by Crippen LogP contribution is -2.49. The summed E-state index contributed by atoms with van der Waals surface area (Å²) in [4.78, 5) is 30.8. The number of amides is 1. The topological polar surface area (TPSA) is 94.6 Å². The third kappa shape index (κ3) is 7.11. The van der Waals surface area contributed by atoms with Gasteiger partial charge in [-0.15, -0.1) is 0 Å². The lowest BCUT2D eigenvalue weighted by molar-refractivity contribution is -0.143. The highest BCUT2D eigenvalue weighted by Crippen LogP contribution is 2.36. The highest BCUT2D eigenvalue weighted by Gasteiger charge is 2.39. The second-order valence-electron chi connectivity index (χ2n) is 10.7. The third-order valence-electron chi connectivity index (χ3n) is 7.82. The van der Waals surface area contributed by atoms with E-state index in [9.17, 15) is 23.5 Å². The van der Waals surface area contributed by atoms with Gasteiger partial charge in [0.1, 0.15) is 17.5 Å². The van der Waals surface area contributed by atoms with Crippen LogP contribution in [0.2, 0.25) is 0 Å². The van der Waals surface area contributed by atoms with Gasteiger partial charge in [-0.25, -0.2) is 22.9 Å². The molecule has 2 fully saturated rings. The molecule has 2 aliphatic heterocycles. The molecule has 0 bridgehead atoms. The summed E-state index contributed by atoms with van der Waals surface area (Å²) in [5.74, 6) is -4.08. The number of nitrogens with one attached hydrogen (secondary N) is 2. The van der Waals surface area contributed by atoms with Gasteiger partial charge in [0.15, 0.2) is 0 Å². The number of carboxylic acids is 1. The zero-order valence-corrected chi connectivity index (χ0v) is 20.7. The zero-order valence-electron chi connectivity index (χ0n) is 20.7. The number of aryl methyl sites for hydroxylation is 2. The van der Waals surface area contributed by atoms with Crippen LogP contribution in [0.1, 0.15) is 69.0 Å². The second-order valence-corrected chi connectivity index (χ2v) is 10.7. The Balaban J connectivity index is 1.25. The van der Waals surface area contributed by atoms with Crippen molar-refractivity contribution in [2.24, 2.45) is 5.92 Å². The molecule has 10 heteroatoms. The first kappa shape index (κ1) is 26.7. The van der Waals surface area contributed by atoms with Crippen molar-refractivity contribution in [3.8, 4) is 0 Å². The van der Waals surface area contributed by atoms with Crippen molar-refractivity contribution in [2.75, 3.05) is 31.5 Å². The molecular weight excluding hydrogens is 473 g/mol. The molecule has 1 amide bonds. The van der Waals surface area contributed by atoms with Crippen molar-refractivity contribution in [3.05, 3.63) is 23.4 Å². The minimum atomic E-state index is -2.75. The van der Waals surface area contributed by atoms with Crippen LogP contribution in [-0.4, -0.2) is 70.7 Å². The smallest absolute Gasteiger partial charge is 0.326 e. The summed E-state index contributed by atoms with van der Waals surface area (Å²) in [6.07, 6.45) is 3.64. The Morgan fingerprint density at radius 2 is 1.97 bits per heavy atom. The number of carbonyl (C=O) groups is 2. The van der Waals surface area contributed by atoms with Crippen molar-refractivity contribution in [2.45, 2.75) is 88.3 Å². The van der Waals surface area contributed by atoms with Crippen molar-refractivity contribution in [1.82, 2.24) is 15.2 Å². The number of piperidine rings is 1. The summed E-state index contributed by atoms with van der Waals surface area (Å²) in [6, 6.07) is 2.92. The number of carbonyl (C=O) groups excluding carboxylic acids is 1. The van der Waals surface area contributed by atoms with Crippen LogP contribution in [0.3, 0.4) is 0 Å². The normalized spacial score (nSPS) is 25.4. The van der Waals surface area contributed by atoms with Gasteiger partial charge in [-0.05, 0) is 76.0 Å². The van der Waals surface area contributed by atoms with E-state index in [0.717, 1.165) is 30.9 Å². The van der Waals surface area contributed by atoms with Gasteiger partial charge in [-0.1, -0.05) is 6.07 Å². The first-order chi connectivity index (χ1) is 17.1. The van der Waals surface area contributed by atoms with Gasteiger partial charge in [-0.3, -0.25) is 4.79 Å². The number of fused-ring (bicyclic) bond motifs is 1. The van der Waals surface area contributed by atoms with E-state index >= 15 is 4.39 Å². The predicted octanol–water partition coefficient (Wildman–Crippen LogP) is 3.96. The standard InChI is InChI=1S/C26H37F3N4O3/c27-25(11-8-20-5-4-18-3-1-14-30-22(18)31-20)10-2-15-33(17-25)16-9-21(24(35)36)32-23(34)19-6-12-26(28,29)13-7-19/h4-5,19,21H,1-3,6-17H2,(H,30,31)(H,32,34)(H,35,36)/t21?,25-/m0/s1. The summed E-state index contributed by atoms with van der Waals surface area (Å²) in [5, 5.41) is 15.4. The molecule has 1 aliphatic carbocycles. The first-order valence-electron chi connectivity index (χ1n) is 13.2. The predicted molar refractivity (Wildman–Crippen MR) is 130 cm³/mol. The lowest BCUT2D eigenvalue weighted by atomic mass is 9.86. The average Bonchev–Trinajstić information content (AvgIpc) is 2.85. The van der Waals surface area contributed by atoms with Crippen molar-refractivity contribution < 1.29 is 27.9 Å². The van der Waals surface area contributed by atoms with Crippen molar-refractivity contribution in [1.29, 1.82) is 0 Å². The molecule has 0 spiro atoms. The van der Waals surface area contributed by atoms with Gasteiger partial charge < -0.3 is 20.6 Å². The minimum absolute atomic E-state index is 0.0524. The molecule has 1 saturated carbocycles. The van der Waals surface area contributed by atoms with E-state index < -0.39 is 35.4 Å². The van der Waals surface area contributed by atoms with Gasteiger partial charge >= 0.3 is 5.97 Å². The molecule has 7 nitrogen and oxygen atoms in total. The van der Waals surface area contributed by atoms with Gasteiger partial charge in [0.25, 0.3) is 0 Å². The van der Waals surface area contributed by atoms with Gasteiger partial charge in [0.2, 0.25) is 11.8 Å². The number of aliphatic carboxylic acids is 1. The molecule has 36 heavy (non-hydrogen) atoms. The number of nitrogens with zero attached hydrogens (tertiary/aromatic N) is 2. The van der Waals surface area contributed by atoms with Crippen LogP contribution < -0.4 is 10.6 Å². The lowest BCUT2D eigenvalue weighted by Gasteiger charge is -2.38. The number of likely N-dealkylation sites (tertiary alicyclic amines) is 1. The van der Waals surface area contributed by atoms with Crippen molar-refractivity contribution in [3.63, 3.8) is 0 Å². The van der Waals surface area contributed by atoms with E-state index in [1.165, 1.54) is 5.56 Å². The summed E-state index contributed by atoms with van der Waals surface area (Å²) >= 11 is 0. The number of anilines is 1. The largest absolute Gasteiger partial charge is 0.480 e. The van der Waals surface area contributed by atoms with Crippen LogP contribution in [0, 0.1) is 5.92 Å². The van der Waals surface area contributed by atoms with E-state index in [0.29, 0.717) is 38.8 Å². The van der Waals surface area contributed by atoms with E-state index in [2.05, 4.69) is 21.7 Å². The molecule has 3 aliphatic rings. The van der Waals surface area contributed by atoms with Crippen LogP contribution in [0.4, 0.5) is 19.0 Å². The second kappa shape index (κ2) is 11.4. The summed E-state index contributed by atoms with van der Waals surface area (Å²) in [7, 11) is 0. The number of carboxylic acid groups (broad SMARTS) is 1. The number of hydrogen-bond acceptors (Lipinski definition) is 5. The molecule has 1 saturated heterocycles. The Kier molecular flexibility index (Phi) is 8.42. The molecule has 1 unspecified atom stereocenters. The molecule has 1 aromatic heterocycles. The fourth-order valence-electron chi connectivity index (χ4n) is 5.59. The quantitative estimate of drug-likeness (QED) is 0.466. The molecule has 1 aromatic rings. The number of halogens is 3. The van der Waals surface area contributed by atoms with Crippen LogP contribution in [0.5, 0.6) is 0 Å². The Hall–Kier alpha value is -2.36. The molecule has 200 valence electrons. The maximum absolute atomic E-state index is 15.7. The molecule has 0 aromatic carbocycles. The average molecular weight is 511 g/mol. The van der Waals surface area contributed by atoms with Crippen LogP contribution in [-0.2, 0) is 22.4 Å². The molecule has 4 rings (SSSR count). The minimum Gasteiger partial charge on any atom is -0.480 e. The summed E-state index contributed by atoms with van der Waals surface area (Å²) in [5.41, 5.74) is 0.690. The van der Waals surface area contributed by atoms with E-state index in [1.54, 1.807) is 0 Å². The first-order valence-corrected chi connectivity index (χ1v) is 13.2. The summed E-state index contributed by atoms with van der Waals surface area (Å²) < 4.78 is 42.5. The SMILES string of the molecule is O=C(NC(CCN1CCC[C@](F)(CCc2ccc3c(n2)NCCC3)C1)C(=O)O)C1CCC(F)(F)CC1. The van der Waals surface area contributed by atoms with E-state index in [4.69, 9.17) is 0 Å². The molecule has 3 heterocycles. The van der Waals surface area contributed by atoms with Crippen molar-refractivity contribution >= 4 is 17.7 Å². The number of alkyl halides is 3. The third-order valence-corrected chi connectivity index (χ3v) is 7.82. The Morgan fingerprint density at radius 1 is 1.19 bits per heavy atom. The maximum Gasteiger partial charge on any atom is 0.326 e. The van der Waals surface area contributed by atoms with Crippen LogP contribution >= 0.6 is 0 Å². The van der Waals surface area contributed by atoms with Gasteiger partial charge in [0.05, 0.1) is 0 Å². The highest BCUT2D eigenvalue weighted by atomic mass is 19.3. The van der Waals surface area contributed by atoms with E-state index in [-0.39, 0.29) is 38.6 Å². The highest BCUT2D eigenvalue weighted by molar-refractivity contribution is 5.85. The van der Waals surface area contributed by atoms with Crippen LogP contribution in [0.25, 0.3) is 0 Å². The van der Waals surface area contributed by atoms with Gasteiger partial charge in [-0.2, -0.15) is 0 Å². The molecular formula is C26H37F3N4O3. The maximum atomic E-state index is 15.7. The fourth-order valence-corrected chi connectivity index (χ4v) is 5.59. The van der Waals surface area contributed by atoms with E-state index in [1.807, 2.05) is 11.0 Å². The molecule has 3 N–H and O–H groups in total. The number of pyridine rings is 1. The number of hydrogen-bond donors (Lipinski definition) is 3. The molecule has 0 radical (unpaired) electrons.